The van der Waals surface area contributed by atoms with Crippen molar-refractivity contribution in [1.82, 2.24) is 15.6 Å². The van der Waals surface area contributed by atoms with Crippen molar-refractivity contribution in [2.24, 2.45) is 0 Å². The van der Waals surface area contributed by atoms with E-state index in [-0.39, 0.29) is 5.91 Å². The summed E-state index contributed by atoms with van der Waals surface area (Å²) in [6.45, 7) is 1.35. The Hall–Kier alpha value is -0.760. The number of nitrogens with zero attached hydrogens (tertiary/aromatic N) is 1. The molecule has 0 aliphatic carbocycles. The summed E-state index contributed by atoms with van der Waals surface area (Å²) in [5, 5.41) is 8.45. The highest BCUT2D eigenvalue weighted by Gasteiger charge is 2.12. The molecular formula is C11H12BrN3OS2. The fourth-order valence-electron chi connectivity index (χ4n) is 1.31. The van der Waals surface area contributed by atoms with Crippen molar-refractivity contribution in [1.29, 1.82) is 0 Å². The van der Waals surface area contributed by atoms with Gasteiger partial charge in [0.2, 0.25) is 0 Å². The Morgan fingerprint density at radius 2 is 2.28 bits per heavy atom. The summed E-state index contributed by atoms with van der Waals surface area (Å²) in [7, 11) is 1.85. The highest BCUT2D eigenvalue weighted by atomic mass is 79.9. The zero-order valence-electron chi connectivity index (χ0n) is 9.70. The van der Waals surface area contributed by atoms with Gasteiger partial charge in [-0.25, -0.2) is 4.98 Å². The quantitative estimate of drug-likeness (QED) is 0.819. The average molecular weight is 346 g/mol. The smallest absolute Gasteiger partial charge is 0.270 e. The monoisotopic (exact) mass is 345 g/mol. The van der Waals surface area contributed by atoms with Gasteiger partial charge in [-0.3, -0.25) is 4.79 Å². The molecule has 2 aromatic heterocycles. The SMILES string of the molecule is CNCCNC(=O)c1csc(-c2ccc(Br)s2)n1. The lowest BCUT2D eigenvalue weighted by Crippen LogP contribution is -2.30. The number of thiophene rings is 1. The van der Waals surface area contributed by atoms with Crippen LogP contribution in [0, 0.1) is 0 Å². The largest absolute Gasteiger partial charge is 0.349 e. The molecule has 0 aromatic carbocycles. The zero-order chi connectivity index (χ0) is 13.0. The Labute approximate surface area is 122 Å². The van der Waals surface area contributed by atoms with E-state index in [1.807, 2.05) is 19.2 Å². The maximum absolute atomic E-state index is 11.8. The first-order valence-corrected chi connectivity index (χ1v) is 7.83. The minimum Gasteiger partial charge on any atom is -0.349 e. The molecule has 2 rings (SSSR count). The fourth-order valence-corrected chi connectivity index (χ4v) is 3.57. The van der Waals surface area contributed by atoms with Crippen molar-refractivity contribution in [3.05, 3.63) is 27.0 Å². The third-order valence-electron chi connectivity index (χ3n) is 2.18. The fraction of sp³-hybridized carbons (Fsp3) is 0.273. The van der Waals surface area contributed by atoms with Crippen LogP contribution in [0.5, 0.6) is 0 Å². The first-order valence-electron chi connectivity index (χ1n) is 5.34. The lowest BCUT2D eigenvalue weighted by molar-refractivity contribution is 0.0950. The summed E-state index contributed by atoms with van der Waals surface area (Å²) in [6.07, 6.45) is 0. The standard InChI is InChI=1S/C11H12BrN3OS2/c1-13-4-5-14-10(16)7-6-17-11(15-7)8-2-3-9(12)18-8/h2-3,6,13H,4-5H2,1H3,(H,14,16). The average Bonchev–Trinajstić information content (AvgIpc) is 2.97. The number of thiazole rings is 1. The summed E-state index contributed by atoms with van der Waals surface area (Å²) in [5.74, 6) is -0.122. The predicted molar refractivity (Wildman–Crippen MR) is 79.4 cm³/mol. The van der Waals surface area contributed by atoms with Gasteiger partial charge in [0.1, 0.15) is 10.7 Å². The number of hydrogen-bond acceptors (Lipinski definition) is 5. The van der Waals surface area contributed by atoms with Crippen LogP contribution in [0.1, 0.15) is 10.5 Å². The molecule has 0 radical (unpaired) electrons. The molecular weight excluding hydrogens is 334 g/mol. The van der Waals surface area contributed by atoms with Gasteiger partial charge in [-0.2, -0.15) is 0 Å². The van der Waals surface area contributed by atoms with Gasteiger partial charge in [0.15, 0.2) is 0 Å². The Bertz CT molecular complexity index is 538. The van der Waals surface area contributed by atoms with Gasteiger partial charge in [-0.1, -0.05) is 0 Å². The van der Waals surface area contributed by atoms with E-state index in [4.69, 9.17) is 0 Å². The summed E-state index contributed by atoms with van der Waals surface area (Å²) in [6, 6.07) is 3.98. The second-order valence-corrected chi connectivity index (χ2v) is 6.82. The van der Waals surface area contributed by atoms with Crippen LogP contribution >= 0.6 is 38.6 Å². The van der Waals surface area contributed by atoms with Crippen LogP contribution in [0.2, 0.25) is 0 Å². The molecule has 0 aliphatic heterocycles. The van der Waals surface area contributed by atoms with Crippen LogP contribution in [0.15, 0.2) is 21.3 Å². The van der Waals surface area contributed by atoms with E-state index in [0.717, 1.165) is 20.2 Å². The van der Waals surface area contributed by atoms with E-state index in [1.54, 1.807) is 16.7 Å². The van der Waals surface area contributed by atoms with Crippen molar-refractivity contribution in [2.75, 3.05) is 20.1 Å². The Balaban J connectivity index is 2.04. The first kappa shape index (κ1) is 13.7. The van der Waals surface area contributed by atoms with Crippen molar-refractivity contribution >= 4 is 44.5 Å². The van der Waals surface area contributed by atoms with E-state index in [9.17, 15) is 4.79 Å². The van der Waals surface area contributed by atoms with Gasteiger partial charge in [0.05, 0.1) is 8.66 Å². The molecule has 0 spiro atoms. The zero-order valence-corrected chi connectivity index (χ0v) is 12.9. The molecule has 96 valence electrons. The van der Waals surface area contributed by atoms with Crippen LogP contribution in [0.4, 0.5) is 0 Å². The minimum absolute atomic E-state index is 0.122. The van der Waals surface area contributed by atoms with Crippen molar-refractivity contribution in [2.45, 2.75) is 0 Å². The van der Waals surface area contributed by atoms with Gasteiger partial charge in [0.25, 0.3) is 5.91 Å². The summed E-state index contributed by atoms with van der Waals surface area (Å²) < 4.78 is 1.06. The van der Waals surface area contributed by atoms with Crippen molar-refractivity contribution < 1.29 is 4.79 Å². The molecule has 0 bridgehead atoms. The molecule has 1 amide bonds. The van der Waals surface area contributed by atoms with E-state index >= 15 is 0 Å². The minimum atomic E-state index is -0.122. The Morgan fingerprint density at radius 3 is 2.94 bits per heavy atom. The highest BCUT2D eigenvalue weighted by Crippen LogP contribution is 2.33. The van der Waals surface area contributed by atoms with Gasteiger partial charge in [-0.05, 0) is 35.1 Å². The third-order valence-corrected chi connectivity index (χ3v) is 4.82. The van der Waals surface area contributed by atoms with Crippen molar-refractivity contribution in [3.8, 4) is 9.88 Å². The summed E-state index contributed by atoms with van der Waals surface area (Å²) in [4.78, 5) is 17.2. The maximum atomic E-state index is 11.8. The predicted octanol–water partition coefficient (Wildman–Crippen LogP) is 2.58. The molecule has 0 unspecified atom stereocenters. The molecule has 7 heteroatoms. The molecule has 0 saturated carbocycles. The van der Waals surface area contributed by atoms with Gasteiger partial charge in [0, 0.05) is 18.5 Å². The van der Waals surface area contributed by atoms with Crippen LogP contribution in [-0.2, 0) is 0 Å². The molecule has 2 heterocycles. The van der Waals surface area contributed by atoms with Crippen molar-refractivity contribution in [3.63, 3.8) is 0 Å². The number of carbonyl (C=O) groups is 1. The molecule has 18 heavy (non-hydrogen) atoms. The topological polar surface area (TPSA) is 54.0 Å². The number of nitrogens with one attached hydrogen (secondary N) is 2. The van der Waals surface area contributed by atoms with Crippen LogP contribution in [-0.4, -0.2) is 31.0 Å². The molecule has 0 fully saturated rings. The van der Waals surface area contributed by atoms with Crippen LogP contribution < -0.4 is 10.6 Å². The first-order chi connectivity index (χ1) is 8.70. The number of rotatable bonds is 5. The van der Waals surface area contributed by atoms with Gasteiger partial charge in [-0.15, -0.1) is 22.7 Å². The van der Waals surface area contributed by atoms with E-state index in [1.165, 1.54) is 11.3 Å². The second-order valence-electron chi connectivity index (χ2n) is 3.50. The third kappa shape index (κ3) is 3.38. The molecule has 2 N–H and O–H groups in total. The lowest BCUT2D eigenvalue weighted by atomic mass is 10.4. The number of halogens is 1. The maximum Gasteiger partial charge on any atom is 0.270 e. The number of aromatic nitrogens is 1. The van der Waals surface area contributed by atoms with E-state index in [0.29, 0.717) is 12.2 Å². The molecule has 0 atom stereocenters. The number of amides is 1. The molecule has 2 aromatic rings. The molecule has 4 nitrogen and oxygen atoms in total. The van der Waals surface area contributed by atoms with Crippen LogP contribution in [0.3, 0.4) is 0 Å². The number of carbonyl (C=O) groups excluding carboxylic acids is 1. The normalized spacial score (nSPS) is 10.6. The van der Waals surface area contributed by atoms with Gasteiger partial charge >= 0.3 is 0 Å². The summed E-state index contributed by atoms with van der Waals surface area (Å²) in [5.41, 5.74) is 0.482. The summed E-state index contributed by atoms with van der Waals surface area (Å²) >= 11 is 6.51. The molecule has 0 aliphatic rings. The Kier molecular flexibility index (Phi) is 4.87. The van der Waals surface area contributed by atoms with Gasteiger partial charge < -0.3 is 10.6 Å². The molecule has 0 saturated heterocycles. The number of hydrogen-bond donors (Lipinski definition) is 2. The Morgan fingerprint density at radius 1 is 1.44 bits per heavy atom. The lowest BCUT2D eigenvalue weighted by Gasteiger charge is -2.01. The highest BCUT2D eigenvalue weighted by molar-refractivity contribution is 9.11. The van der Waals surface area contributed by atoms with E-state index in [2.05, 4.69) is 31.5 Å². The second kappa shape index (κ2) is 6.42. The van der Waals surface area contributed by atoms with Crippen LogP contribution in [0.25, 0.3) is 9.88 Å². The number of likely N-dealkylation sites (N-methyl/N-ethyl adjacent to an activating group) is 1. The van der Waals surface area contributed by atoms with E-state index < -0.39 is 0 Å².